The third kappa shape index (κ3) is 3.37. The molecule has 0 bridgehead atoms. The lowest BCUT2D eigenvalue weighted by atomic mass is 9.90. The number of benzene rings is 2. The minimum atomic E-state index is -0.0528. The molecule has 2 aromatic rings. The average molecular weight is 295 g/mol. The molecule has 0 radical (unpaired) electrons. The quantitative estimate of drug-likeness (QED) is 0.927. The number of carbonyl (C=O) groups excluding carboxylic acids is 1. The highest BCUT2D eigenvalue weighted by Crippen LogP contribution is 2.23. The van der Waals surface area contributed by atoms with Gasteiger partial charge in [-0.3, -0.25) is 4.79 Å². The number of methoxy groups -OCH3 is 1. The molecule has 0 saturated carbocycles. The highest BCUT2D eigenvalue weighted by atomic mass is 16.5. The fourth-order valence-electron chi connectivity index (χ4n) is 2.98. The van der Waals surface area contributed by atoms with E-state index in [1.165, 1.54) is 24.0 Å². The molecule has 1 N–H and O–H groups in total. The van der Waals surface area contributed by atoms with Crippen molar-refractivity contribution in [1.82, 2.24) is 0 Å². The van der Waals surface area contributed by atoms with Crippen LogP contribution in [0.25, 0.3) is 0 Å². The van der Waals surface area contributed by atoms with E-state index in [1.54, 1.807) is 7.11 Å². The Bertz CT molecular complexity index is 679. The summed E-state index contributed by atoms with van der Waals surface area (Å²) in [5.41, 5.74) is 5.30. The van der Waals surface area contributed by atoms with Gasteiger partial charge in [-0.15, -0.1) is 0 Å². The largest absolute Gasteiger partial charge is 0.380 e. The highest BCUT2D eigenvalue weighted by molar-refractivity contribution is 6.04. The van der Waals surface area contributed by atoms with Crippen molar-refractivity contribution < 1.29 is 9.53 Å². The molecular weight excluding hydrogens is 274 g/mol. The van der Waals surface area contributed by atoms with Crippen LogP contribution in [0.4, 0.5) is 5.69 Å². The van der Waals surface area contributed by atoms with Gasteiger partial charge in [-0.25, -0.2) is 0 Å². The van der Waals surface area contributed by atoms with Gasteiger partial charge in [0.15, 0.2) is 0 Å². The molecule has 0 fully saturated rings. The molecule has 1 aliphatic rings. The lowest BCUT2D eigenvalue weighted by Crippen LogP contribution is -2.13. The summed E-state index contributed by atoms with van der Waals surface area (Å²) in [5, 5.41) is 2.97. The molecule has 2 aromatic carbocycles. The first-order chi connectivity index (χ1) is 10.8. The topological polar surface area (TPSA) is 38.3 Å². The Kier molecular flexibility index (Phi) is 4.54. The Morgan fingerprint density at radius 3 is 2.73 bits per heavy atom. The molecule has 1 amide bonds. The van der Waals surface area contributed by atoms with Gasteiger partial charge in [-0.2, -0.15) is 0 Å². The Labute approximate surface area is 131 Å². The number of anilines is 1. The van der Waals surface area contributed by atoms with E-state index in [0.29, 0.717) is 6.61 Å². The zero-order valence-corrected chi connectivity index (χ0v) is 12.9. The standard InChI is InChI=1S/C19H21NO2/c1-22-13-14-5-4-8-18(11-14)20-19(21)17-10-9-15-6-2-3-7-16(15)12-17/h4-5,8-12H,2-3,6-7,13H2,1H3,(H,20,21). The summed E-state index contributed by atoms with van der Waals surface area (Å²) in [5.74, 6) is -0.0528. The van der Waals surface area contributed by atoms with Crippen LogP contribution in [0.3, 0.4) is 0 Å². The Balaban J connectivity index is 1.75. The monoisotopic (exact) mass is 295 g/mol. The van der Waals surface area contributed by atoms with Crippen molar-refractivity contribution in [1.29, 1.82) is 0 Å². The van der Waals surface area contributed by atoms with E-state index in [1.807, 2.05) is 36.4 Å². The lowest BCUT2D eigenvalue weighted by molar-refractivity contribution is 0.102. The van der Waals surface area contributed by atoms with Crippen LogP contribution in [0.5, 0.6) is 0 Å². The number of aryl methyl sites for hydroxylation is 2. The second-order valence-electron chi connectivity index (χ2n) is 5.78. The van der Waals surface area contributed by atoms with Crippen LogP contribution in [0, 0.1) is 0 Å². The number of fused-ring (bicyclic) bond motifs is 1. The molecular formula is C19H21NO2. The van der Waals surface area contributed by atoms with Crippen molar-refractivity contribution >= 4 is 11.6 Å². The fourth-order valence-corrected chi connectivity index (χ4v) is 2.98. The molecule has 114 valence electrons. The third-order valence-corrected chi connectivity index (χ3v) is 4.11. The summed E-state index contributed by atoms with van der Waals surface area (Å²) >= 11 is 0. The summed E-state index contributed by atoms with van der Waals surface area (Å²) in [7, 11) is 1.67. The SMILES string of the molecule is COCc1cccc(NC(=O)c2ccc3c(c2)CCCC3)c1. The van der Waals surface area contributed by atoms with Crippen LogP contribution in [0.1, 0.15) is 39.9 Å². The van der Waals surface area contributed by atoms with Gasteiger partial charge >= 0.3 is 0 Å². The van der Waals surface area contributed by atoms with Crippen molar-refractivity contribution in [3.05, 3.63) is 64.7 Å². The number of hydrogen-bond donors (Lipinski definition) is 1. The van der Waals surface area contributed by atoms with Gasteiger partial charge in [0.05, 0.1) is 6.61 Å². The molecule has 3 rings (SSSR count). The van der Waals surface area contributed by atoms with E-state index in [4.69, 9.17) is 4.74 Å². The van der Waals surface area contributed by atoms with E-state index < -0.39 is 0 Å². The molecule has 1 aliphatic carbocycles. The molecule has 0 unspecified atom stereocenters. The second-order valence-corrected chi connectivity index (χ2v) is 5.78. The zero-order valence-electron chi connectivity index (χ0n) is 12.9. The molecule has 0 atom stereocenters. The first-order valence-electron chi connectivity index (χ1n) is 7.77. The van der Waals surface area contributed by atoms with Gasteiger partial charge in [0, 0.05) is 18.4 Å². The summed E-state index contributed by atoms with van der Waals surface area (Å²) in [6, 6.07) is 13.8. The molecule has 3 heteroatoms. The Hall–Kier alpha value is -2.13. The van der Waals surface area contributed by atoms with Crippen molar-refractivity contribution in [2.45, 2.75) is 32.3 Å². The van der Waals surface area contributed by atoms with Crippen LogP contribution >= 0.6 is 0 Å². The summed E-state index contributed by atoms with van der Waals surface area (Å²) in [6.45, 7) is 0.544. The molecule has 0 spiro atoms. The summed E-state index contributed by atoms with van der Waals surface area (Å²) in [6.07, 6.45) is 4.69. The van der Waals surface area contributed by atoms with E-state index in [0.717, 1.165) is 29.7 Å². The van der Waals surface area contributed by atoms with Crippen molar-refractivity contribution in [2.24, 2.45) is 0 Å². The predicted octanol–water partition coefficient (Wildman–Crippen LogP) is 3.96. The molecule has 0 saturated heterocycles. The van der Waals surface area contributed by atoms with Crippen molar-refractivity contribution in [3.63, 3.8) is 0 Å². The smallest absolute Gasteiger partial charge is 0.255 e. The van der Waals surface area contributed by atoms with Gasteiger partial charge in [-0.1, -0.05) is 18.2 Å². The number of amides is 1. The second kappa shape index (κ2) is 6.75. The summed E-state index contributed by atoms with van der Waals surface area (Å²) < 4.78 is 5.12. The van der Waals surface area contributed by atoms with Crippen LogP contribution in [-0.2, 0) is 24.2 Å². The van der Waals surface area contributed by atoms with Gasteiger partial charge < -0.3 is 10.1 Å². The Morgan fingerprint density at radius 1 is 1.09 bits per heavy atom. The minimum absolute atomic E-state index is 0.0528. The van der Waals surface area contributed by atoms with Gasteiger partial charge in [-0.05, 0) is 66.6 Å². The molecule has 22 heavy (non-hydrogen) atoms. The van der Waals surface area contributed by atoms with Crippen molar-refractivity contribution in [2.75, 3.05) is 12.4 Å². The third-order valence-electron chi connectivity index (χ3n) is 4.11. The molecule has 0 heterocycles. The van der Waals surface area contributed by atoms with Gasteiger partial charge in [0.2, 0.25) is 0 Å². The van der Waals surface area contributed by atoms with E-state index in [-0.39, 0.29) is 5.91 Å². The maximum Gasteiger partial charge on any atom is 0.255 e. The maximum atomic E-state index is 12.4. The minimum Gasteiger partial charge on any atom is -0.380 e. The zero-order chi connectivity index (χ0) is 15.4. The predicted molar refractivity (Wildman–Crippen MR) is 88.2 cm³/mol. The van der Waals surface area contributed by atoms with Crippen LogP contribution in [0.15, 0.2) is 42.5 Å². The first-order valence-corrected chi connectivity index (χ1v) is 7.77. The van der Waals surface area contributed by atoms with E-state index in [9.17, 15) is 4.79 Å². The van der Waals surface area contributed by atoms with Crippen LogP contribution < -0.4 is 5.32 Å². The lowest BCUT2D eigenvalue weighted by Gasteiger charge is -2.16. The average Bonchev–Trinajstić information content (AvgIpc) is 2.55. The maximum absolute atomic E-state index is 12.4. The normalized spacial score (nSPS) is 13.5. The van der Waals surface area contributed by atoms with Gasteiger partial charge in [0.25, 0.3) is 5.91 Å². The molecule has 0 aromatic heterocycles. The molecule has 0 aliphatic heterocycles. The number of hydrogen-bond acceptors (Lipinski definition) is 2. The fraction of sp³-hybridized carbons (Fsp3) is 0.316. The van der Waals surface area contributed by atoms with Gasteiger partial charge in [0.1, 0.15) is 0 Å². The number of nitrogens with one attached hydrogen (secondary N) is 1. The summed E-state index contributed by atoms with van der Waals surface area (Å²) in [4.78, 5) is 12.4. The number of carbonyl (C=O) groups is 1. The van der Waals surface area contributed by atoms with E-state index in [2.05, 4.69) is 11.4 Å². The van der Waals surface area contributed by atoms with E-state index >= 15 is 0 Å². The number of ether oxygens (including phenoxy) is 1. The number of rotatable bonds is 4. The molecule has 3 nitrogen and oxygen atoms in total. The Morgan fingerprint density at radius 2 is 1.91 bits per heavy atom. The highest BCUT2D eigenvalue weighted by Gasteiger charge is 2.13. The van der Waals surface area contributed by atoms with Crippen LogP contribution in [0.2, 0.25) is 0 Å². The first kappa shape index (κ1) is 14.8. The van der Waals surface area contributed by atoms with Crippen LogP contribution in [-0.4, -0.2) is 13.0 Å². The van der Waals surface area contributed by atoms with Crippen molar-refractivity contribution in [3.8, 4) is 0 Å².